The predicted molar refractivity (Wildman–Crippen MR) is 139 cm³/mol. The van der Waals surface area contributed by atoms with Crippen LogP contribution in [0.1, 0.15) is 12.0 Å². The van der Waals surface area contributed by atoms with Crippen LogP contribution in [0.2, 0.25) is 0 Å². The summed E-state index contributed by atoms with van der Waals surface area (Å²) < 4.78 is 20.4. The third kappa shape index (κ3) is 7.23. The maximum atomic E-state index is 13.2. The van der Waals surface area contributed by atoms with Crippen LogP contribution in [0.5, 0.6) is 5.75 Å². The zero-order chi connectivity index (χ0) is 25.4. The Labute approximate surface area is 212 Å². The van der Waals surface area contributed by atoms with E-state index in [-0.39, 0.29) is 18.7 Å². The summed E-state index contributed by atoms with van der Waals surface area (Å²) in [5.41, 5.74) is 8.36. The lowest BCUT2D eigenvalue weighted by Gasteiger charge is -2.32. The number of ether oxygens (including phenoxy) is 1. The van der Waals surface area contributed by atoms with Gasteiger partial charge in [0.25, 0.3) is 0 Å². The van der Waals surface area contributed by atoms with Gasteiger partial charge in [-0.3, -0.25) is 4.79 Å². The summed E-state index contributed by atoms with van der Waals surface area (Å²) in [6.45, 7) is 0.200. The molecule has 0 saturated carbocycles. The Kier molecular flexibility index (Phi) is 9.58. The molecule has 8 nitrogen and oxygen atoms in total. The highest BCUT2D eigenvalue weighted by Crippen LogP contribution is 2.32. The van der Waals surface area contributed by atoms with E-state index < -0.39 is 23.4 Å². The molecule has 0 aliphatic heterocycles. The van der Waals surface area contributed by atoms with Crippen LogP contribution in [0.25, 0.3) is 10.4 Å². The van der Waals surface area contributed by atoms with Gasteiger partial charge in [0.2, 0.25) is 4.21 Å². The lowest BCUT2D eigenvalue weighted by atomic mass is 10.0. The summed E-state index contributed by atoms with van der Waals surface area (Å²) >= 11 is 0.0350. The van der Waals surface area contributed by atoms with E-state index >= 15 is 0 Å². The predicted octanol–water partition coefficient (Wildman–Crippen LogP) is 3.23. The number of phenolic OH excluding ortho intramolecular Hbond substituents is 1. The molecule has 5 N–H and O–H groups in total. The Morgan fingerprint density at radius 1 is 1.17 bits per heavy atom. The lowest BCUT2D eigenvalue weighted by Crippen LogP contribution is -2.46. The van der Waals surface area contributed by atoms with E-state index in [1.165, 1.54) is 29.7 Å². The molecule has 3 aromatic rings. The SMILES string of the molecule is COC(=O)C[C@H](Cc1ccc(O)cc1)N(N)/C(=C\N)CN(C)[S+]([O-])c1ccc(-c2ccccc2)s1. The number of methoxy groups -OCH3 is 1. The van der Waals surface area contributed by atoms with E-state index in [2.05, 4.69) is 0 Å². The molecule has 0 bridgehead atoms. The number of nitrogens with zero attached hydrogens (tertiary/aromatic N) is 2. The Bertz CT molecular complexity index is 1120. The zero-order valence-corrected chi connectivity index (χ0v) is 21.3. The molecule has 1 heterocycles. The molecular weight excluding hydrogens is 484 g/mol. The molecule has 3 rings (SSSR count). The van der Waals surface area contributed by atoms with Gasteiger partial charge in [0.05, 0.1) is 43.2 Å². The molecule has 1 unspecified atom stereocenters. The second-order valence-corrected chi connectivity index (χ2v) is 10.8. The number of thiophene rings is 1. The normalized spacial score (nSPS) is 13.5. The minimum absolute atomic E-state index is 0.0311. The largest absolute Gasteiger partial charge is 0.592 e. The molecule has 0 aliphatic rings. The maximum Gasteiger partial charge on any atom is 0.307 e. The van der Waals surface area contributed by atoms with Gasteiger partial charge in [-0.15, -0.1) is 4.31 Å². The fourth-order valence-corrected chi connectivity index (χ4v) is 5.94. The minimum atomic E-state index is -1.43. The third-order valence-corrected chi connectivity index (χ3v) is 8.22. The van der Waals surface area contributed by atoms with Gasteiger partial charge in [-0.1, -0.05) is 53.8 Å². The number of nitrogens with two attached hydrogens (primary N) is 2. The van der Waals surface area contributed by atoms with Gasteiger partial charge >= 0.3 is 5.97 Å². The Hall–Kier alpha value is -3.02. The summed E-state index contributed by atoms with van der Waals surface area (Å²) in [5.74, 6) is 6.16. The fourth-order valence-electron chi connectivity index (χ4n) is 3.52. The summed E-state index contributed by atoms with van der Waals surface area (Å²) in [6, 6.07) is 20.0. The first-order valence-corrected chi connectivity index (χ1v) is 12.8. The number of aromatic hydroxyl groups is 1. The molecule has 35 heavy (non-hydrogen) atoms. The summed E-state index contributed by atoms with van der Waals surface area (Å²) in [6.07, 6.45) is 1.81. The van der Waals surface area contributed by atoms with Crippen LogP contribution in [-0.4, -0.2) is 51.7 Å². The van der Waals surface area contributed by atoms with Crippen molar-refractivity contribution in [1.82, 2.24) is 9.31 Å². The van der Waals surface area contributed by atoms with E-state index in [1.54, 1.807) is 35.6 Å². The number of hydrazine groups is 1. The Balaban J connectivity index is 1.71. The molecular formula is C25H30N4O4S2. The smallest absolute Gasteiger partial charge is 0.307 e. The van der Waals surface area contributed by atoms with Crippen molar-refractivity contribution in [2.45, 2.75) is 23.1 Å². The van der Waals surface area contributed by atoms with Crippen molar-refractivity contribution >= 4 is 28.7 Å². The number of likely N-dealkylation sites (N-methyl/N-ethyl adjacent to an activating group) is 1. The van der Waals surface area contributed by atoms with Gasteiger partial charge in [0.15, 0.2) is 0 Å². The monoisotopic (exact) mass is 514 g/mol. The van der Waals surface area contributed by atoms with Crippen LogP contribution < -0.4 is 11.6 Å². The first-order valence-electron chi connectivity index (χ1n) is 10.9. The molecule has 0 aliphatic carbocycles. The van der Waals surface area contributed by atoms with E-state index in [0.717, 1.165) is 16.0 Å². The van der Waals surface area contributed by atoms with E-state index in [9.17, 15) is 14.5 Å². The first kappa shape index (κ1) is 26.6. The number of carbonyl (C=O) groups is 1. The van der Waals surface area contributed by atoms with Crippen molar-refractivity contribution in [2.24, 2.45) is 11.6 Å². The van der Waals surface area contributed by atoms with Crippen LogP contribution in [0.3, 0.4) is 0 Å². The highest BCUT2D eigenvalue weighted by molar-refractivity contribution is 7.91. The highest BCUT2D eigenvalue weighted by Gasteiger charge is 2.27. The van der Waals surface area contributed by atoms with Crippen molar-refractivity contribution in [3.8, 4) is 16.2 Å². The standard InChI is InChI=1S/C25H30N4O4S2/c1-28(35(32)25-13-12-23(34-25)19-6-4-3-5-7-19)17-21(16-26)29(27)20(15-24(31)33-2)14-18-8-10-22(30)11-9-18/h3-13,16,20,30H,14-15,17,26-27H2,1-2H3/b21-16-/t20-,35?/m0/s1. The minimum Gasteiger partial charge on any atom is -0.592 e. The van der Waals surface area contributed by atoms with Gasteiger partial charge in [-0.25, -0.2) is 5.84 Å². The van der Waals surface area contributed by atoms with Crippen LogP contribution in [0, 0.1) is 0 Å². The van der Waals surface area contributed by atoms with Crippen molar-refractivity contribution in [1.29, 1.82) is 0 Å². The third-order valence-electron chi connectivity index (χ3n) is 5.43. The van der Waals surface area contributed by atoms with Gasteiger partial charge in [0.1, 0.15) is 5.75 Å². The number of phenols is 1. The first-order chi connectivity index (χ1) is 16.8. The average molecular weight is 515 g/mol. The second-order valence-electron chi connectivity index (χ2n) is 7.89. The molecule has 10 heteroatoms. The molecule has 2 atom stereocenters. The van der Waals surface area contributed by atoms with E-state index in [0.29, 0.717) is 16.3 Å². The quantitative estimate of drug-likeness (QED) is 0.154. The van der Waals surface area contributed by atoms with Crippen LogP contribution >= 0.6 is 11.3 Å². The zero-order valence-electron chi connectivity index (χ0n) is 19.7. The number of hydrogen-bond donors (Lipinski definition) is 3. The van der Waals surface area contributed by atoms with Crippen LogP contribution in [0.4, 0.5) is 0 Å². The lowest BCUT2D eigenvalue weighted by molar-refractivity contribution is -0.141. The van der Waals surface area contributed by atoms with Crippen LogP contribution in [0.15, 0.2) is 82.8 Å². The van der Waals surface area contributed by atoms with Gasteiger partial charge in [-0.2, -0.15) is 0 Å². The topological polar surface area (TPSA) is 128 Å². The van der Waals surface area contributed by atoms with Crippen molar-refractivity contribution < 1.29 is 19.2 Å². The van der Waals surface area contributed by atoms with Crippen LogP contribution in [-0.2, 0) is 27.3 Å². The van der Waals surface area contributed by atoms with Gasteiger partial charge in [0, 0.05) is 24.2 Å². The number of carbonyl (C=O) groups excluding carboxylic acids is 1. The molecule has 186 valence electrons. The fraction of sp³-hybridized carbons (Fsp3) is 0.240. The molecule has 2 aromatic carbocycles. The molecule has 1 aromatic heterocycles. The van der Waals surface area contributed by atoms with Gasteiger partial charge < -0.3 is 25.1 Å². The average Bonchev–Trinajstić information content (AvgIpc) is 3.38. The summed E-state index contributed by atoms with van der Waals surface area (Å²) in [5, 5.41) is 11.0. The van der Waals surface area contributed by atoms with Crippen molar-refractivity contribution in [2.75, 3.05) is 20.7 Å². The summed E-state index contributed by atoms with van der Waals surface area (Å²) in [4.78, 5) is 13.1. The van der Waals surface area contributed by atoms with Gasteiger partial charge in [-0.05, 0) is 35.7 Å². The molecule has 0 amide bonds. The molecule has 0 saturated heterocycles. The number of rotatable bonds is 11. The molecule has 0 radical (unpaired) electrons. The number of esters is 1. The molecule has 0 fully saturated rings. The summed E-state index contributed by atoms with van der Waals surface area (Å²) in [7, 11) is 3.05. The second kappa shape index (κ2) is 12.6. The van der Waals surface area contributed by atoms with Crippen molar-refractivity contribution in [3.05, 3.63) is 84.2 Å². The van der Waals surface area contributed by atoms with Crippen molar-refractivity contribution in [3.63, 3.8) is 0 Å². The van der Waals surface area contributed by atoms with E-state index in [4.69, 9.17) is 16.3 Å². The Morgan fingerprint density at radius 3 is 2.49 bits per heavy atom. The number of hydrogen-bond acceptors (Lipinski definition) is 9. The van der Waals surface area contributed by atoms with E-state index in [1.807, 2.05) is 42.5 Å². The number of benzene rings is 2. The maximum absolute atomic E-state index is 13.2. The Morgan fingerprint density at radius 2 is 1.86 bits per heavy atom. The molecule has 0 spiro atoms. The highest BCUT2D eigenvalue weighted by atomic mass is 32.2.